The molecule has 2 N–H and O–H groups in total. The fourth-order valence-electron chi connectivity index (χ4n) is 3.46. The lowest BCUT2D eigenvalue weighted by Crippen LogP contribution is -2.20. The van der Waals surface area contributed by atoms with E-state index in [1.165, 1.54) is 17.2 Å². The summed E-state index contributed by atoms with van der Waals surface area (Å²) in [6.07, 6.45) is 3.95. The number of hydrogen-bond donors (Lipinski definition) is 2. The number of carboxylic acid groups (broad SMARTS) is 2. The number of aromatic carboxylic acids is 1. The number of aliphatic carboxylic acids is 1. The molecule has 0 amide bonds. The van der Waals surface area contributed by atoms with Crippen molar-refractivity contribution in [1.29, 1.82) is 0 Å². The molecule has 0 saturated heterocycles. The van der Waals surface area contributed by atoms with Gasteiger partial charge in [0.2, 0.25) is 0 Å². The third-order valence-corrected chi connectivity index (χ3v) is 4.71. The van der Waals surface area contributed by atoms with Crippen molar-refractivity contribution in [3.8, 4) is 0 Å². The number of fused-ring (bicyclic) bond motifs is 1. The molecule has 0 spiro atoms. The van der Waals surface area contributed by atoms with E-state index >= 15 is 0 Å². The monoisotopic (exact) mass is 324 g/mol. The van der Waals surface area contributed by atoms with Crippen LogP contribution in [-0.2, 0) is 30.5 Å². The van der Waals surface area contributed by atoms with Crippen LogP contribution < -0.4 is 0 Å². The molecule has 0 aliphatic heterocycles. The Bertz CT molecular complexity index is 779. The van der Waals surface area contributed by atoms with Gasteiger partial charge in [0, 0.05) is 0 Å². The maximum Gasteiger partial charge on any atom is 0.335 e. The molecule has 0 radical (unpaired) electrons. The van der Waals surface area contributed by atoms with E-state index in [0.717, 1.165) is 24.8 Å². The normalized spacial score (nSPS) is 14.2. The standard InChI is InChI=1S/C20H20O4/c21-19(22)17(12-16-4-1-2-7-18(16)20(23)24)11-13-8-9-14-5-3-6-15(14)10-13/h1-2,4,7-10,17H,3,5-6,11-12H2,(H,21,22)(H,23,24). The van der Waals surface area contributed by atoms with Crippen molar-refractivity contribution in [3.63, 3.8) is 0 Å². The zero-order valence-corrected chi connectivity index (χ0v) is 13.4. The van der Waals surface area contributed by atoms with Gasteiger partial charge in [0.05, 0.1) is 11.5 Å². The molecule has 2 aromatic carbocycles. The summed E-state index contributed by atoms with van der Waals surface area (Å²) in [4.78, 5) is 23.0. The topological polar surface area (TPSA) is 74.6 Å². The number of benzene rings is 2. The first-order valence-corrected chi connectivity index (χ1v) is 8.19. The van der Waals surface area contributed by atoms with Gasteiger partial charge < -0.3 is 10.2 Å². The van der Waals surface area contributed by atoms with Crippen LogP contribution in [0.3, 0.4) is 0 Å². The molecule has 4 nitrogen and oxygen atoms in total. The predicted molar refractivity (Wildman–Crippen MR) is 90.4 cm³/mol. The summed E-state index contributed by atoms with van der Waals surface area (Å²) in [7, 11) is 0. The molecule has 24 heavy (non-hydrogen) atoms. The fraction of sp³-hybridized carbons (Fsp3) is 0.300. The molecule has 0 fully saturated rings. The van der Waals surface area contributed by atoms with Crippen molar-refractivity contribution >= 4 is 11.9 Å². The summed E-state index contributed by atoms with van der Waals surface area (Å²) in [5.74, 6) is -2.55. The molecule has 1 aliphatic rings. The Labute approximate surface area is 140 Å². The summed E-state index contributed by atoms with van der Waals surface area (Å²) < 4.78 is 0. The smallest absolute Gasteiger partial charge is 0.335 e. The van der Waals surface area contributed by atoms with E-state index in [1.54, 1.807) is 18.2 Å². The summed E-state index contributed by atoms with van der Waals surface area (Å²) in [6.45, 7) is 0. The van der Waals surface area contributed by atoms with Gasteiger partial charge in [-0.05, 0) is 60.4 Å². The summed E-state index contributed by atoms with van der Waals surface area (Å²) in [5.41, 5.74) is 4.44. The number of rotatable bonds is 6. The first-order valence-electron chi connectivity index (χ1n) is 8.19. The molecule has 4 heteroatoms. The minimum atomic E-state index is -1.02. The van der Waals surface area contributed by atoms with Crippen LogP contribution in [0.5, 0.6) is 0 Å². The Morgan fingerprint density at radius 2 is 1.71 bits per heavy atom. The fourth-order valence-corrected chi connectivity index (χ4v) is 3.46. The summed E-state index contributed by atoms with van der Waals surface area (Å²) in [5, 5.41) is 18.8. The molecular formula is C20H20O4. The van der Waals surface area contributed by atoms with Gasteiger partial charge in [-0.1, -0.05) is 36.4 Å². The van der Waals surface area contributed by atoms with E-state index in [2.05, 4.69) is 12.1 Å². The van der Waals surface area contributed by atoms with Crippen molar-refractivity contribution in [2.75, 3.05) is 0 Å². The van der Waals surface area contributed by atoms with Crippen LogP contribution in [0.2, 0.25) is 0 Å². The average molecular weight is 324 g/mol. The highest BCUT2D eigenvalue weighted by Gasteiger charge is 2.22. The number of carboxylic acids is 2. The molecule has 0 heterocycles. The highest BCUT2D eigenvalue weighted by molar-refractivity contribution is 5.89. The Morgan fingerprint density at radius 3 is 2.46 bits per heavy atom. The molecule has 0 bridgehead atoms. The molecule has 1 atom stereocenters. The predicted octanol–water partition coefficient (Wildman–Crippen LogP) is 3.36. The van der Waals surface area contributed by atoms with Crippen LogP contribution in [0, 0.1) is 5.92 Å². The summed E-state index contributed by atoms with van der Waals surface area (Å²) in [6, 6.07) is 12.8. The lowest BCUT2D eigenvalue weighted by Gasteiger charge is -2.15. The van der Waals surface area contributed by atoms with Gasteiger partial charge in [0.25, 0.3) is 0 Å². The first-order chi connectivity index (χ1) is 11.5. The lowest BCUT2D eigenvalue weighted by atomic mass is 9.89. The Morgan fingerprint density at radius 1 is 0.958 bits per heavy atom. The van der Waals surface area contributed by atoms with Gasteiger partial charge in [0.15, 0.2) is 0 Å². The molecule has 1 aliphatic carbocycles. The molecule has 2 aromatic rings. The van der Waals surface area contributed by atoms with E-state index in [-0.39, 0.29) is 12.0 Å². The van der Waals surface area contributed by atoms with Crippen molar-refractivity contribution < 1.29 is 19.8 Å². The quantitative estimate of drug-likeness (QED) is 0.854. The van der Waals surface area contributed by atoms with E-state index in [9.17, 15) is 19.8 Å². The van der Waals surface area contributed by atoms with E-state index in [1.807, 2.05) is 6.07 Å². The molecular weight excluding hydrogens is 304 g/mol. The van der Waals surface area contributed by atoms with Crippen LogP contribution in [0.1, 0.15) is 39.0 Å². The molecule has 0 saturated carbocycles. The van der Waals surface area contributed by atoms with E-state index in [4.69, 9.17) is 0 Å². The molecule has 0 aromatic heterocycles. The maximum absolute atomic E-state index is 11.7. The van der Waals surface area contributed by atoms with Gasteiger partial charge in [-0.3, -0.25) is 4.79 Å². The highest BCUT2D eigenvalue weighted by Crippen LogP contribution is 2.25. The van der Waals surface area contributed by atoms with Gasteiger partial charge in [-0.15, -0.1) is 0 Å². The zero-order valence-electron chi connectivity index (χ0n) is 13.4. The third kappa shape index (κ3) is 3.48. The van der Waals surface area contributed by atoms with Crippen molar-refractivity contribution in [2.24, 2.45) is 5.92 Å². The number of carbonyl (C=O) groups is 2. The van der Waals surface area contributed by atoms with E-state index in [0.29, 0.717) is 12.0 Å². The van der Waals surface area contributed by atoms with Gasteiger partial charge >= 0.3 is 11.9 Å². The van der Waals surface area contributed by atoms with E-state index < -0.39 is 17.9 Å². The van der Waals surface area contributed by atoms with Crippen LogP contribution in [-0.4, -0.2) is 22.2 Å². The second-order valence-electron chi connectivity index (χ2n) is 6.36. The summed E-state index contributed by atoms with van der Waals surface area (Å²) >= 11 is 0. The number of aryl methyl sites for hydroxylation is 2. The van der Waals surface area contributed by atoms with Crippen molar-refractivity contribution in [1.82, 2.24) is 0 Å². The minimum absolute atomic E-state index is 0.178. The van der Waals surface area contributed by atoms with Crippen LogP contribution in [0.4, 0.5) is 0 Å². The van der Waals surface area contributed by atoms with Gasteiger partial charge in [-0.2, -0.15) is 0 Å². The van der Waals surface area contributed by atoms with Gasteiger partial charge in [-0.25, -0.2) is 4.79 Å². The molecule has 1 unspecified atom stereocenters. The maximum atomic E-state index is 11.7. The lowest BCUT2D eigenvalue weighted by molar-refractivity contribution is -0.141. The second kappa shape index (κ2) is 6.87. The van der Waals surface area contributed by atoms with Crippen molar-refractivity contribution in [3.05, 3.63) is 70.3 Å². The zero-order chi connectivity index (χ0) is 17.1. The van der Waals surface area contributed by atoms with Crippen molar-refractivity contribution in [2.45, 2.75) is 32.1 Å². The third-order valence-electron chi connectivity index (χ3n) is 4.71. The molecule has 124 valence electrons. The Balaban J connectivity index is 1.81. The number of hydrogen-bond acceptors (Lipinski definition) is 2. The van der Waals surface area contributed by atoms with Crippen LogP contribution in [0.25, 0.3) is 0 Å². The molecule has 3 rings (SSSR count). The Hall–Kier alpha value is -2.62. The van der Waals surface area contributed by atoms with Crippen LogP contribution in [0.15, 0.2) is 42.5 Å². The second-order valence-corrected chi connectivity index (χ2v) is 6.36. The minimum Gasteiger partial charge on any atom is -0.481 e. The Kier molecular flexibility index (Phi) is 4.65. The first kappa shape index (κ1) is 16.2. The average Bonchev–Trinajstić information content (AvgIpc) is 3.02. The highest BCUT2D eigenvalue weighted by atomic mass is 16.4. The van der Waals surface area contributed by atoms with Gasteiger partial charge in [0.1, 0.15) is 0 Å². The largest absolute Gasteiger partial charge is 0.481 e. The van der Waals surface area contributed by atoms with Crippen LogP contribution >= 0.6 is 0 Å². The SMILES string of the molecule is O=C(O)c1ccccc1CC(Cc1ccc2c(c1)CCC2)C(=O)O.